The lowest BCUT2D eigenvalue weighted by atomic mass is 10.0. The summed E-state index contributed by atoms with van der Waals surface area (Å²) < 4.78 is 5.33. The number of aromatic amines is 1. The van der Waals surface area contributed by atoms with Gasteiger partial charge in [0.15, 0.2) is 0 Å². The van der Waals surface area contributed by atoms with Gasteiger partial charge in [-0.25, -0.2) is 4.79 Å². The highest BCUT2D eigenvalue weighted by molar-refractivity contribution is 7.12. The Morgan fingerprint density at radius 1 is 1.42 bits per heavy atom. The smallest absolute Gasteiger partial charge is 0.345 e. The van der Waals surface area contributed by atoms with Crippen LogP contribution in [0.5, 0.6) is 0 Å². The molecule has 3 rings (SSSR count). The van der Waals surface area contributed by atoms with Gasteiger partial charge in [-0.3, -0.25) is 10.2 Å². The van der Waals surface area contributed by atoms with Crippen LogP contribution in [-0.4, -0.2) is 41.0 Å². The van der Waals surface area contributed by atoms with Crippen molar-refractivity contribution < 1.29 is 14.6 Å². The first-order valence-electron chi connectivity index (χ1n) is 7.53. The van der Waals surface area contributed by atoms with Crippen molar-refractivity contribution >= 4 is 28.7 Å². The van der Waals surface area contributed by atoms with Crippen LogP contribution in [0.2, 0.25) is 0 Å². The summed E-state index contributed by atoms with van der Waals surface area (Å²) in [6.45, 7) is 1.33. The van der Waals surface area contributed by atoms with Crippen LogP contribution in [0.25, 0.3) is 0 Å². The third-order valence-electron chi connectivity index (χ3n) is 3.89. The van der Waals surface area contributed by atoms with Gasteiger partial charge in [0.25, 0.3) is 5.56 Å². The number of pyridine rings is 1. The van der Waals surface area contributed by atoms with Crippen molar-refractivity contribution in [1.29, 1.82) is 5.41 Å². The van der Waals surface area contributed by atoms with Gasteiger partial charge in [0.2, 0.25) is 0 Å². The van der Waals surface area contributed by atoms with Crippen molar-refractivity contribution in [1.82, 2.24) is 4.98 Å². The molecule has 1 aliphatic heterocycles. The fraction of sp³-hybridized carbons (Fsp3) is 0.312. The fourth-order valence-corrected chi connectivity index (χ4v) is 3.37. The quantitative estimate of drug-likeness (QED) is 0.619. The number of ether oxygens (including phenoxy) is 1. The zero-order valence-corrected chi connectivity index (χ0v) is 13.6. The number of H-pyrrole nitrogens is 1. The number of hydrogen-bond donors (Lipinski definition) is 4. The number of carbonyl (C=O) groups is 1. The first-order chi connectivity index (χ1) is 11.6. The minimum absolute atomic E-state index is 0.00941. The average Bonchev–Trinajstić information content (AvgIpc) is 3.06. The topological polar surface area (TPSA) is 115 Å². The molecule has 0 aliphatic carbocycles. The summed E-state index contributed by atoms with van der Waals surface area (Å²) >= 11 is 1.04. The number of aromatic nitrogens is 1. The predicted octanol–water partition coefficient (Wildman–Crippen LogP) is 2.14. The SMILES string of the molecule is N=C(c1csc(C(=O)O)c1)c1c(NC2CCOCC2)cc[nH]c1=O. The Balaban J connectivity index is 1.92. The number of carboxylic acid groups (broad SMARTS) is 1. The highest BCUT2D eigenvalue weighted by Crippen LogP contribution is 2.22. The van der Waals surface area contributed by atoms with E-state index >= 15 is 0 Å². The molecule has 4 N–H and O–H groups in total. The molecule has 0 aromatic carbocycles. The van der Waals surface area contributed by atoms with Gasteiger partial charge < -0.3 is 20.1 Å². The zero-order chi connectivity index (χ0) is 17.1. The van der Waals surface area contributed by atoms with Gasteiger partial charge in [0, 0.05) is 36.4 Å². The normalized spacial score (nSPS) is 15.2. The lowest BCUT2D eigenvalue weighted by molar-refractivity contribution is 0.0702. The summed E-state index contributed by atoms with van der Waals surface area (Å²) in [7, 11) is 0. The number of carboxylic acids is 1. The van der Waals surface area contributed by atoms with Crippen molar-refractivity contribution in [2.75, 3.05) is 18.5 Å². The van der Waals surface area contributed by atoms with Crippen molar-refractivity contribution in [3.8, 4) is 0 Å². The van der Waals surface area contributed by atoms with Gasteiger partial charge in [-0.15, -0.1) is 11.3 Å². The van der Waals surface area contributed by atoms with Gasteiger partial charge in [-0.05, 0) is 25.0 Å². The van der Waals surface area contributed by atoms with Crippen LogP contribution in [0.15, 0.2) is 28.5 Å². The van der Waals surface area contributed by atoms with Gasteiger partial charge >= 0.3 is 5.97 Å². The van der Waals surface area contributed by atoms with E-state index in [1.165, 1.54) is 12.3 Å². The van der Waals surface area contributed by atoms with Gasteiger partial charge in [-0.2, -0.15) is 0 Å². The van der Waals surface area contributed by atoms with Crippen LogP contribution in [0.1, 0.15) is 33.6 Å². The molecule has 0 unspecified atom stereocenters. The van der Waals surface area contributed by atoms with Gasteiger partial charge in [-0.1, -0.05) is 0 Å². The van der Waals surface area contributed by atoms with Crippen LogP contribution in [0.4, 0.5) is 5.69 Å². The molecule has 0 atom stereocenters. The number of hydrogen-bond acceptors (Lipinski definition) is 6. The number of aromatic carboxylic acids is 1. The number of rotatable bonds is 5. The third-order valence-corrected chi connectivity index (χ3v) is 4.81. The number of anilines is 1. The minimum Gasteiger partial charge on any atom is -0.477 e. The molecule has 3 heterocycles. The molecule has 0 bridgehead atoms. The number of thiophene rings is 1. The molecule has 1 aliphatic rings. The molecule has 0 amide bonds. The van der Waals surface area contributed by atoms with Crippen LogP contribution in [0.3, 0.4) is 0 Å². The molecular weight excluding hydrogens is 330 g/mol. The van der Waals surface area contributed by atoms with E-state index in [1.807, 2.05) is 0 Å². The maximum Gasteiger partial charge on any atom is 0.345 e. The standard InChI is InChI=1S/C16H17N3O4S/c17-14(9-7-12(16(21)22)24-8-9)13-11(1-4-18-15(13)20)19-10-2-5-23-6-3-10/h1,4,7-8,10,17H,2-3,5-6H2,(H,21,22)(H2,18,19,20). The first-order valence-corrected chi connectivity index (χ1v) is 8.41. The Bertz CT molecular complexity index is 821. The van der Waals surface area contributed by atoms with E-state index in [9.17, 15) is 9.59 Å². The van der Waals surface area contributed by atoms with E-state index in [0.29, 0.717) is 24.5 Å². The molecule has 0 radical (unpaired) electrons. The van der Waals surface area contributed by atoms with E-state index in [0.717, 1.165) is 24.2 Å². The minimum atomic E-state index is -1.04. The number of nitrogens with one attached hydrogen (secondary N) is 3. The highest BCUT2D eigenvalue weighted by Gasteiger charge is 2.20. The lowest BCUT2D eigenvalue weighted by Gasteiger charge is -2.25. The summed E-state index contributed by atoms with van der Waals surface area (Å²) in [5.74, 6) is -1.04. The summed E-state index contributed by atoms with van der Waals surface area (Å²) in [4.78, 5) is 26.0. The Hall–Kier alpha value is -2.45. The largest absolute Gasteiger partial charge is 0.477 e. The van der Waals surface area contributed by atoms with E-state index in [-0.39, 0.29) is 27.8 Å². The Morgan fingerprint density at radius 2 is 2.17 bits per heavy atom. The van der Waals surface area contributed by atoms with Crippen LogP contribution in [-0.2, 0) is 4.74 Å². The van der Waals surface area contributed by atoms with Crippen LogP contribution in [0, 0.1) is 5.41 Å². The summed E-state index contributed by atoms with van der Waals surface area (Å²) in [6, 6.07) is 3.33. The van der Waals surface area contributed by atoms with Crippen LogP contribution >= 0.6 is 11.3 Å². The second kappa shape index (κ2) is 6.98. The third kappa shape index (κ3) is 3.39. The molecule has 2 aromatic rings. The highest BCUT2D eigenvalue weighted by atomic mass is 32.1. The molecule has 1 saturated heterocycles. The molecule has 0 spiro atoms. The monoisotopic (exact) mass is 347 g/mol. The second-order valence-corrected chi connectivity index (χ2v) is 6.42. The van der Waals surface area contributed by atoms with Gasteiger partial charge in [0.1, 0.15) is 4.88 Å². The summed E-state index contributed by atoms with van der Waals surface area (Å²) in [5.41, 5.74) is 0.858. The predicted molar refractivity (Wildman–Crippen MR) is 91.7 cm³/mol. The Labute approximate surface area is 141 Å². The fourth-order valence-electron chi connectivity index (χ4n) is 2.63. The maximum atomic E-state index is 12.3. The van der Waals surface area contributed by atoms with Crippen molar-refractivity contribution in [2.45, 2.75) is 18.9 Å². The van der Waals surface area contributed by atoms with E-state index < -0.39 is 5.97 Å². The van der Waals surface area contributed by atoms with Crippen molar-refractivity contribution in [3.05, 3.63) is 50.1 Å². The summed E-state index contributed by atoms with van der Waals surface area (Å²) in [5, 5.41) is 22.3. The van der Waals surface area contributed by atoms with Crippen molar-refractivity contribution in [3.63, 3.8) is 0 Å². The molecular formula is C16H17N3O4S. The van der Waals surface area contributed by atoms with Crippen LogP contribution < -0.4 is 10.9 Å². The summed E-state index contributed by atoms with van der Waals surface area (Å²) in [6.07, 6.45) is 3.21. The average molecular weight is 347 g/mol. The molecule has 2 aromatic heterocycles. The molecule has 126 valence electrons. The zero-order valence-electron chi connectivity index (χ0n) is 12.8. The Morgan fingerprint density at radius 3 is 2.83 bits per heavy atom. The molecule has 7 nitrogen and oxygen atoms in total. The van der Waals surface area contributed by atoms with Gasteiger partial charge in [0.05, 0.1) is 17.0 Å². The molecule has 8 heteroatoms. The van der Waals surface area contributed by atoms with E-state index in [4.69, 9.17) is 15.3 Å². The maximum absolute atomic E-state index is 12.3. The molecule has 1 fully saturated rings. The molecule has 0 saturated carbocycles. The van der Waals surface area contributed by atoms with Crippen molar-refractivity contribution in [2.24, 2.45) is 0 Å². The molecule has 24 heavy (non-hydrogen) atoms. The first kappa shape index (κ1) is 16.4. The van der Waals surface area contributed by atoms with E-state index in [2.05, 4.69) is 10.3 Å². The lowest BCUT2D eigenvalue weighted by Crippen LogP contribution is -2.30. The van der Waals surface area contributed by atoms with E-state index in [1.54, 1.807) is 11.4 Å². The second-order valence-electron chi connectivity index (χ2n) is 5.51. The Kier molecular flexibility index (Phi) is 4.77.